The van der Waals surface area contributed by atoms with E-state index < -0.39 is 5.41 Å². The van der Waals surface area contributed by atoms with Crippen LogP contribution in [0.1, 0.15) is 37.5 Å². The minimum atomic E-state index is -0.450. The average Bonchev–Trinajstić information content (AvgIpc) is 2.49. The first kappa shape index (κ1) is 16.3. The second-order valence-electron chi connectivity index (χ2n) is 6.46. The SMILES string of the molecule is CCc1cccc(C)c1NC(=O)C(C)(C)Cc1ccccc1. The number of nitrogens with one attached hydrogen (secondary N) is 1. The molecule has 0 fully saturated rings. The molecule has 0 saturated carbocycles. The summed E-state index contributed by atoms with van der Waals surface area (Å²) in [4.78, 5) is 12.7. The quantitative estimate of drug-likeness (QED) is 0.846. The van der Waals surface area contributed by atoms with Gasteiger partial charge in [0.2, 0.25) is 5.91 Å². The molecule has 22 heavy (non-hydrogen) atoms. The van der Waals surface area contributed by atoms with E-state index in [9.17, 15) is 4.79 Å². The standard InChI is InChI=1S/C20H25NO/c1-5-17-13-9-10-15(2)18(17)21-19(22)20(3,4)14-16-11-7-6-8-12-16/h6-13H,5,14H2,1-4H3,(H,21,22). The summed E-state index contributed by atoms with van der Waals surface area (Å²) >= 11 is 0. The van der Waals surface area contributed by atoms with Gasteiger partial charge in [-0.2, -0.15) is 0 Å². The number of hydrogen-bond acceptors (Lipinski definition) is 1. The average molecular weight is 295 g/mol. The van der Waals surface area contributed by atoms with Crippen LogP contribution in [0, 0.1) is 12.3 Å². The number of carbonyl (C=O) groups is 1. The van der Waals surface area contributed by atoms with Crippen molar-refractivity contribution in [1.29, 1.82) is 0 Å². The predicted octanol–water partition coefficient (Wildman–Crippen LogP) is 4.76. The molecular formula is C20H25NO. The third kappa shape index (κ3) is 3.76. The predicted molar refractivity (Wildman–Crippen MR) is 93.1 cm³/mol. The van der Waals surface area contributed by atoms with Gasteiger partial charge in [-0.25, -0.2) is 0 Å². The Morgan fingerprint density at radius 1 is 1.05 bits per heavy atom. The van der Waals surface area contributed by atoms with Crippen LogP contribution in [0.5, 0.6) is 0 Å². The highest BCUT2D eigenvalue weighted by atomic mass is 16.2. The van der Waals surface area contributed by atoms with E-state index in [4.69, 9.17) is 0 Å². The summed E-state index contributed by atoms with van der Waals surface area (Å²) in [7, 11) is 0. The van der Waals surface area contributed by atoms with Crippen LogP contribution in [0.4, 0.5) is 5.69 Å². The van der Waals surface area contributed by atoms with E-state index in [1.807, 2.05) is 51.1 Å². The second kappa shape index (κ2) is 6.78. The van der Waals surface area contributed by atoms with Gasteiger partial charge in [0.25, 0.3) is 0 Å². The molecule has 0 aliphatic carbocycles. The highest BCUT2D eigenvalue weighted by Gasteiger charge is 2.28. The minimum Gasteiger partial charge on any atom is -0.325 e. The van der Waals surface area contributed by atoms with Crippen molar-refractivity contribution in [2.75, 3.05) is 5.32 Å². The Hall–Kier alpha value is -2.09. The van der Waals surface area contributed by atoms with E-state index >= 15 is 0 Å². The Morgan fingerprint density at radius 2 is 1.73 bits per heavy atom. The molecule has 2 aromatic carbocycles. The minimum absolute atomic E-state index is 0.0698. The Balaban J connectivity index is 2.18. The van der Waals surface area contributed by atoms with Gasteiger partial charge in [-0.3, -0.25) is 4.79 Å². The summed E-state index contributed by atoms with van der Waals surface area (Å²) in [6.45, 7) is 8.15. The van der Waals surface area contributed by atoms with Crippen LogP contribution in [0.15, 0.2) is 48.5 Å². The fourth-order valence-electron chi connectivity index (χ4n) is 2.67. The molecule has 2 aromatic rings. The Bertz CT molecular complexity index is 644. The van der Waals surface area contributed by atoms with Crippen LogP contribution in [-0.2, 0) is 17.6 Å². The number of amides is 1. The summed E-state index contributed by atoms with van der Waals surface area (Å²) in [5.74, 6) is 0.0698. The Kier molecular flexibility index (Phi) is 5.02. The van der Waals surface area contributed by atoms with Gasteiger partial charge in [-0.15, -0.1) is 0 Å². The van der Waals surface area contributed by atoms with Gasteiger partial charge in [0.15, 0.2) is 0 Å². The smallest absolute Gasteiger partial charge is 0.230 e. The molecule has 0 aliphatic heterocycles. The summed E-state index contributed by atoms with van der Waals surface area (Å²) in [5.41, 5.74) is 4.00. The zero-order chi connectivity index (χ0) is 16.2. The Labute approximate surface area is 133 Å². The number of carbonyl (C=O) groups excluding carboxylic acids is 1. The molecule has 2 heteroatoms. The number of rotatable bonds is 5. The van der Waals surface area contributed by atoms with Gasteiger partial charge >= 0.3 is 0 Å². The van der Waals surface area contributed by atoms with Gasteiger partial charge in [0.05, 0.1) is 0 Å². The lowest BCUT2D eigenvalue weighted by atomic mass is 9.84. The lowest BCUT2D eigenvalue weighted by molar-refractivity contribution is -0.123. The number of para-hydroxylation sites is 1. The van der Waals surface area contributed by atoms with Crippen molar-refractivity contribution in [1.82, 2.24) is 0 Å². The molecule has 116 valence electrons. The molecule has 1 N–H and O–H groups in total. The first-order valence-electron chi connectivity index (χ1n) is 7.88. The van der Waals surface area contributed by atoms with Gasteiger partial charge < -0.3 is 5.32 Å². The summed E-state index contributed by atoms with van der Waals surface area (Å²) in [6, 6.07) is 16.3. The topological polar surface area (TPSA) is 29.1 Å². The molecule has 0 atom stereocenters. The summed E-state index contributed by atoms with van der Waals surface area (Å²) in [6.07, 6.45) is 1.64. The first-order valence-corrected chi connectivity index (χ1v) is 7.88. The van der Waals surface area contributed by atoms with Crippen molar-refractivity contribution in [3.8, 4) is 0 Å². The number of hydrogen-bond donors (Lipinski definition) is 1. The Morgan fingerprint density at radius 3 is 2.36 bits per heavy atom. The monoisotopic (exact) mass is 295 g/mol. The molecule has 0 spiro atoms. The van der Waals surface area contributed by atoms with Gasteiger partial charge in [0.1, 0.15) is 0 Å². The number of anilines is 1. The number of aryl methyl sites for hydroxylation is 2. The molecule has 0 heterocycles. The molecule has 0 aliphatic rings. The van der Waals surface area contributed by atoms with Crippen LogP contribution in [0.25, 0.3) is 0 Å². The van der Waals surface area contributed by atoms with Crippen molar-refractivity contribution in [2.24, 2.45) is 5.41 Å². The molecule has 1 amide bonds. The third-order valence-corrected chi connectivity index (χ3v) is 4.08. The zero-order valence-corrected chi connectivity index (χ0v) is 13.9. The van der Waals surface area contributed by atoms with Crippen molar-refractivity contribution >= 4 is 11.6 Å². The molecule has 0 saturated heterocycles. The molecular weight excluding hydrogens is 270 g/mol. The van der Waals surface area contributed by atoms with E-state index in [-0.39, 0.29) is 5.91 Å². The van der Waals surface area contributed by atoms with Gasteiger partial charge in [-0.1, -0.05) is 69.3 Å². The largest absolute Gasteiger partial charge is 0.325 e. The maximum absolute atomic E-state index is 12.7. The molecule has 2 nitrogen and oxygen atoms in total. The van der Waals surface area contributed by atoms with E-state index in [1.165, 1.54) is 11.1 Å². The molecule has 0 bridgehead atoms. The highest BCUT2D eigenvalue weighted by molar-refractivity contribution is 5.96. The van der Waals surface area contributed by atoms with Crippen molar-refractivity contribution in [2.45, 2.75) is 40.5 Å². The van der Waals surface area contributed by atoms with Gasteiger partial charge in [-0.05, 0) is 36.5 Å². The molecule has 0 unspecified atom stereocenters. The lowest BCUT2D eigenvalue weighted by Gasteiger charge is -2.25. The zero-order valence-electron chi connectivity index (χ0n) is 13.9. The van der Waals surface area contributed by atoms with Crippen molar-refractivity contribution in [3.63, 3.8) is 0 Å². The maximum Gasteiger partial charge on any atom is 0.230 e. The number of benzene rings is 2. The lowest BCUT2D eigenvalue weighted by Crippen LogP contribution is -2.33. The second-order valence-corrected chi connectivity index (χ2v) is 6.46. The summed E-state index contributed by atoms with van der Waals surface area (Å²) in [5, 5.41) is 3.15. The van der Waals surface area contributed by atoms with Crippen LogP contribution in [0.2, 0.25) is 0 Å². The van der Waals surface area contributed by atoms with Crippen molar-refractivity contribution < 1.29 is 4.79 Å². The summed E-state index contributed by atoms with van der Waals surface area (Å²) < 4.78 is 0. The van der Waals surface area contributed by atoms with E-state index in [0.29, 0.717) is 0 Å². The third-order valence-electron chi connectivity index (χ3n) is 4.08. The van der Waals surface area contributed by atoms with E-state index in [2.05, 4.69) is 30.4 Å². The molecule has 0 aromatic heterocycles. The van der Waals surface area contributed by atoms with Crippen LogP contribution in [0.3, 0.4) is 0 Å². The van der Waals surface area contributed by atoms with Gasteiger partial charge in [0, 0.05) is 11.1 Å². The first-order chi connectivity index (χ1) is 10.4. The molecule has 2 rings (SSSR count). The normalized spacial score (nSPS) is 11.3. The molecule has 0 radical (unpaired) electrons. The van der Waals surface area contributed by atoms with Crippen LogP contribution < -0.4 is 5.32 Å². The maximum atomic E-state index is 12.7. The fraction of sp³-hybridized carbons (Fsp3) is 0.350. The van der Waals surface area contributed by atoms with E-state index in [0.717, 1.165) is 24.1 Å². The fourth-order valence-corrected chi connectivity index (χ4v) is 2.67. The van der Waals surface area contributed by atoms with Crippen LogP contribution in [-0.4, -0.2) is 5.91 Å². The highest BCUT2D eigenvalue weighted by Crippen LogP contribution is 2.27. The van der Waals surface area contributed by atoms with Crippen molar-refractivity contribution in [3.05, 3.63) is 65.2 Å². The van der Waals surface area contributed by atoms with Crippen LogP contribution >= 0.6 is 0 Å². The van der Waals surface area contributed by atoms with E-state index in [1.54, 1.807) is 0 Å².